The van der Waals surface area contributed by atoms with Gasteiger partial charge in [0.1, 0.15) is 5.69 Å². The second-order valence-corrected chi connectivity index (χ2v) is 7.56. The maximum atomic E-state index is 12.3. The van der Waals surface area contributed by atoms with Gasteiger partial charge < -0.3 is 14.8 Å². The molecule has 0 saturated carbocycles. The van der Waals surface area contributed by atoms with Crippen molar-refractivity contribution in [1.29, 1.82) is 0 Å². The first-order valence-electron chi connectivity index (χ1n) is 10.1. The van der Waals surface area contributed by atoms with Gasteiger partial charge in [0.2, 0.25) is 5.91 Å². The van der Waals surface area contributed by atoms with Crippen LogP contribution in [-0.2, 0) is 20.9 Å². The van der Waals surface area contributed by atoms with Crippen LogP contribution in [0.15, 0.2) is 61.2 Å². The Bertz CT molecular complexity index is 1120. The van der Waals surface area contributed by atoms with Crippen molar-refractivity contribution >= 4 is 28.3 Å². The summed E-state index contributed by atoms with van der Waals surface area (Å²) in [4.78, 5) is 28.8. The van der Waals surface area contributed by atoms with Crippen molar-refractivity contribution in [2.24, 2.45) is 5.92 Å². The molecule has 2 aromatic carbocycles. The number of pyridine rings is 1. The number of hydrogen-bond donors (Lipinski definition) is 1. The third-order valence-corrected chi connectivity index (χ3v) is 4.64. The Balaban J connectivity index is 2.04. The lowest BCUT2D eigenvalue weighted by Crippen LogP contribution is -2.12. The van der Waals surface area contributed by atoms with E-state index in [1.54, 1.807) is 19.2 Å². The van der Waals surface area contributed by atoms with E-state index in [0.29, 0.717) is 24.6 Å². The number of carbonyl (C=O) groups excluding carboxylic acids is 2. The predicted octanol–water partition coefficient (Wildman–Crippen LogP) is 4.99. The second-order valence-electron chi connectivity index (χ2n) is 7.56. The smallest absolute Gasteiger partial charge is 0.356 e. The molecule has 3 rings (SSSR count). The number of fused-ring (bicyclic) bond motifs is 1. The number of hydrogen-bond acceptors (Lipinski definition) is 5. The molecule has 160 valence electrons. The molecule has 6 nitrogen and oxygen atoms in total. The Morgan fingerprint density at radius 1 is 1.16 bits per heavy atom. The van der Waals surface area contributed by atoms with Crippen LogP contribution in [0.1, 0.15) is 29.9 Å². The van der Waals surface area contributed by atoms with E-state index < -0.39 is 5.97 Å². The number of aromatic nitrogens is 1. The first kappa shape index (κ1) is 22.2. The minimum atomic E-state index is -0.447. The quantitative estimate of drug-likeness (QED) is 0.412. The third-order valence-electron chi connectivity index (χ3n) is 4.64. The van der Waals surface area contributed by atoms with Crippen molar-refractivity contribution in [1.82, 2.24) is 4.98 Å². The lowest BCUT2D eigenvalue weighted by Gasteiger charge is -2.14. The number of amides is 1. The van der Waals surface area contributed by atoms with Gasteiger partial charge >= 0.3 is 5.97 Å². The molecule has 1 aromatic heterocycles. The molecule has 0 fully saturated rings. The van der Waals surface area contributed by atoms with Crippen molar-refractivity contribution in [2.75, 3.05) is 19.0 Å². The van der Waals surface area contributed by atoms with E-state index >= 15 is 0 Å². The summed E-state index contributed by atoms with van der Waals surface area (Å²) >= 11 is 0. The second kappa shape index (κ2) is 10.00. The number of carbonyl (C=O) groups is 2. The summed E-state index contributed by atoms with van der Waals surface area (Å²) in [5, 5.41) is 4.69. The molecular weight excluding hydrogens is 392 g/mol. The van der Waals surface area contributed by atoms with Crippen molar-refractivity contribution in [3.8, 4) is 11.3 Å². The molecule has 0 aliphatic rings. The van der Waals surface area contributed by atoms with Gasteiger partial charge in [-0.2, -0.15) is 0 Å². The lowest BCUT2D eigenvalue weighted by molar-refractivity contribution is -0.111. The topological polar surface area (TPSA) is 77.5 Å². The standard InChI is InChI=1S/C25H26N2O4/c1-5-23(28)27-24-19(15-30-4)12-10-17-9-11-18(13-20(17)24)21-7-6-8-22(26-21)25(29)31-14-16(2)3/h5-13,16H,1,14-15H2,2-4H3,(H,27,28). The predicted molar refractivity (Wildman–Crippen MR) is 122 cm³/mol. The Kier molecular flexibility index (Phi) is 7.15. The van der Waals surface area contributed by atoms with Gasteiger partial charge in [-0.15, -0.1) is 0 Å². The summed E-state index contributed by atoms with van der Waals surface area (Å²) in [6, 6.07) is 15.0. The highest BCUT2D eigenvalue weighted by molar-refractivity contribution is 6.07. The molecule has 0 radical (unpaired) electrons. The highest BCUT2D eigenvalue weighted by Gasteiger charge is 2.14. The van der Waals surface area contributed by atoms with E-state index in [2.05, 4.69) is 16.9 Å². The fourth-order valence-electron chi connectivity index (χ4n) is 3.15. The molecular formula is C25H26N2O4. The number of methoxy groups -OCH3 is 1. The summed E-state index contributed by atoms with van der Waals surface area (Å²) in [6.45, 7) is 8.18. The average Bonchev–Trinajstić information content (AvgIpc) is 2.78. The van der Waals surface area contributed by atoms with Gasteiger partial charge in [0.25, 0.3) is 0 Å². The van der Waals surface area contributed by atoms with Crippen LogP contribution >= 0.6 is 0 Å². The van der Waals surface area contributed by atoms with E-state index in [1.807, 2.05) is 50.2 Å². The SMILES string of the molecule is C=CC(=O)Nc1c(COC)ccc2ccc(-c3cccc(C(=O)OCC(C)C)n3)cc12. The van der Waals surface area contributed by atoms with Crippen molar-refractivity contribution in [3.63, 3.8) is 0 Å². The fourth-order valence-corrected chi connectivity index (χ4v) is 3.15. The highest BCUT2D eigenvalue weighted by atomic mass is 16.5. The van der Waals surface area contributed by atoms with Gasteiger partial charge in [-0.25, -0.2) is 9.78 Å². The van der Waals surface area contributed by atoms with E-state index in [1.165, 1.54) is 6.08 Å². The zero-order valence-corrected chi connectivity index (χ0v) is 18.0. The molecule has 1 amide bonds. The first-order valence-corrected chi connectivity index (χ1v) is 10.1. The Morgan fingerprint density at radius 3 is 2.65 bits per heavy atom. The molecule has 0 aliphatic carbocycles. The van der Waals surface area contributed by atoms with Crippen molar-refractivity contribution in [2.45, 2.75) is 20.5 Å². The molecule has 1 heterocycles. The van der Waals surface area contributed by atoms with Gasteiger partial charge in [0.05, 0.1) is 24.6 Å². The average molecular weight is 418 g/mol. The molecule has 0 bridgehead atoms. The zero-order valence-electron chi connectivity index (χ0n) is 18.0. The van der Waals surface area contributed by atoms with Crippen LogP contribution in [0, 0.1) is 5.92 Å². The first-order chi connectivity index (χ1) is 14.9. The lowest BCUT2D eigenvalue weighted by atomic mass is 10.00. The van der Waals surface area contributed by atoms with Crippen molar-refractivity contribution in [3.05, 3.63) is 72.4 Å². The number of anilines is 1. The summed E-state index contributed by atoms with van der Waals surface area (Å²) in [5.74, 6) is -0.501. The van der Waals surface area contributed by atoms with Crippen LogP contribution in [0.2, 0.25) is 0 Å². The number of rotatable bonds is 8. The molecule has 0 atom stereocenters. The van der Waals surface area contributed by atoms with Gasteiger partial charge in [-0.05, 0) is 35.6 Å². The number of nitrogens with one attached hydrogen (secondary N) is 1. The van der Waals surface area contributed by atoms with Crippen LogP contribution in [0.5, 0.6) is 0 Å². The molecule has 0 aliphatic heterocycles. The van der Waals surface area contributed by atoms with E-state index in [4.69, 9.17) is 9.47 Å². The van der Waals surface area contributed by atoms with Gasteiger partial charge in [-0.1, -0.05) is 50.8 Å². The number of benzene rings is 2. The molecule has 31 heavy (non-hydrogen) atoms. The summed E-state index contributed by atoms with van der Waals surface area (Å²) < 4.78 is 10.6. The molecule has 6 heteroatoms. The Labute approximate surface area is 181 Å². The van der Waals surface area contributed by atoms with E-state index in [0.717, 1.165) is 21.9 Å². The molecule has 0 unspecified atom stereocenters. The number of esters is 1. The Morgan fingerprint density at radius 2 is 1.94 bits per heavy atom. The van der Waals surface area contributed by atoms with E-state index in [-0.39, 0.29) is 17.5 Å². The monoisotopic (exact) mass is 418 g/mol. The van der Waals surface area contributed by atoms with Crippen molar-refractivity contribution < 1.29 is 19.1 Å². The summed E-state index contributed by atoms with van der Waals surface area (Å²) in [7, 11) is 1.60. The molecule has 0 spiro atoms. The van der Waals surface area contributed by atoms with Crippen LogP contribution in [0.3, 0.4) is 0 Å². The minimum absolute atomic E-state index is 0.248. The van der Waals surface area contributed by atoms with Gasteiger partial charge in [0.15, 0.2) is 0 Å². The normalized spacial score (nSPS) is 10.8. The Hall–Kier alpha value is -3.51. The van der Waals surface area contributed by atoms with E-state index in [9.17, 15) is 9.59 Å². The highest BCUT2D eigenvalue weighted by Crippen LogP contribution is 2.32. The third kappa shape index (κ3) is 5.35. The minimum Gasteiger partial charge on any atom is -0.461 e. The summed E-state index contributed by atoms with van der Waals surface area (Å²) in [5.41, 5.74) is 3.22. The summed E-state index contributed by atoms with van der Waals surface area (Å²) in [6.07, 6.45) is 1.23. The molecule has 1 N–H and O–H groups in total. The fraction of sp³-hybridized carbons (Fsp3) is 0.240. The van der Waals surface area contributed by atoms with Crippen LogP contribution in [0.25, 0.3) is 22.0 Å². The molecule has 0 saturated heterocycles. The van der Waals surface area contributed by atoms with Crippen LogP contribution in [-0.4, -0.2) is 30.6 Å². The van der Waals surface area contributed by atoms with Gasteiger partial charge in [0, 0.05) is 23.6 Å². The number of ether oxygens (including phenoxy) is 2. The largest absolute Gasteiger partial charge is 0.461 e. The number of nitrogens with zero attached hydrogens (tertiary/aromatic N) is 1. The molecule has 3 aromatic rings. The maximum absolute atomic E-state index is 12.3. The van der Waals surface area contributed by atoms with Gasteiger partial charge in [-0.3, -0.25) is 4.79 Å². The zero-order chi connectivity index (χ0) is 22.4. The van der Waals surface area contributed by atoms with Crippen LogP contribution in [0.4, 0.5) is 5.69 Å². The van der Waals surface area contributed by atoms with Crippen LogP contribution < -0.4 is 5.32 Å². The maximum Gasteiger partial charge on any atom is 0.356 e.